The third-order valence-electron chi connectivity index (χ3n) is 4.15. The highest BCUT2D eigenvalue weighted by atomic mass is 15.3. The maximum absolute atomic E-state index is 9.27. The van der Waals surface area contributed by atoms with E-state index in [1.807, 2.05) is 19.1 Å². The van der Waals surface area contributed by atoms with Crippen LogP contribution >= 0.6 is 0 Å². The van der Waals surface area contributed by atoms with Crippen molar-refractivity contribution in [1.82, 2.24) is 14.6 Å². The SMILES string of the molecule is Cc1ccc(C#N)cc1Nc1cc(NC2CC2)c2ncc(C#N)n2n1. The molecule has 7 heteroatoms. The molecular formula is C18H15N7. The van der Waals surface area contributed by atoms with E-state index in [-0.39, 0.29) is 0 Å². The molecule has 3 aromatic rings. The lowest BCUT2D eigenvalue weighted by molar-refractivity contribution is 0.924. The molecule has 0 spiro atoms. The molecule has 2 N–H and O–H groups in total. The van der Waals surface area contributed by atoms with Gasteiger partial charge in [-0.05, 0) is 37.5 Å². The summed E-state index contributed by atoms with van der Waals surface area (Å²) in [5.74, 6) is 0.586. The molecule has 0 saturated heterocycles. The van der Waals surface area contributed by atoms with Crippen molar-refractivity contribution in [3.05, 3.63) is 47.3 Å². The maximum Gasteiger partial charge on any atom is 0.178 e. The van der Waals surface area contributed by atoms with E-state index in [0.717, 1.165) is 29.8 Å². The minimum absolute atomic E-state index is 0.375. The molecule has 2 aromatic heterocycles. The van der Waals surface area contributed by atoms with Crippen molar-refractivity contribution in [3.8, 4) is 12.1 Å². The van der Waals surface area contributed by atoms with Crippen molar-refractivity contribution < 1.29 is 0 Å². The van der Waals surface area contributed by atoms with Gasteiger partial charge < -0.3 is 10.6 Å². The molecule has 0 radical (unpaired) electrons. The van der Waals surface area contributed by atoms with Gasteiger partial charge in [-0.1, -0.05) is 6.07 Å². The Morgan fingerprint density at radius 2 is 2.00 bits per heavy atom. The molecule has 2 heterocycles. The van der Waals surface area contributed by atoms with Gasteiger partial charge in [-0.15, -0.1) is 5.10 Å². The Morgan fingerprint density at radius 1 is 1.16 bits per heavy atom. The lowest BCUT2D eigenvalue weighted by atomic mass is 10.1. The fraction of sp³-hybridized carbons (Fsp3) is 0.222. The highest BCUT2D eigenvalue weighted by Gasteiger charge is 2.23. The zero-order valence-corrected chi connectivity index (χ0v) is 13.6. The van der Waals surface area contributed by atoms with E-state index in [9.17, 15) is 5.26 Å². The van der Waals surface area contributed by atoms with Crippen LogP contribution in [0.15, 0.2) is 30.5 Å². The Labute approximate surface area is 144 Å². The Bertz CT molecular complexity index is 1050. The summed E-state index contributed by atoms with van der Waals surface area (Å²) in [6.07, 6.45) is 3.78. The largest absolute Gasteiger partial charge is 0.379 e. The number of nitrogens with one attached hydrogen (secondary N) is 2. The summed E-state index contributed by atoms with van der Waals surface area (Å²) in [4.78, 5) is 4.31. The fourth-order valence-corrected chi connectivity index (χ4v) is 2.62. The number of aromatic nitrogens is 3. The molecule has 7 nitrogen and oxygen atoms in total. The number of aryl methyl sites for hydroxylation is 1. The normalized spacial score (nSPS) is 13.2. The Balaban J connectivity index is 1.79. The van der Waals surface area contributed by atoms with E-state index in [4.69, 9.17) is 5.26 Å². The minimum atomic E-state index is 0.375. The second kappa shape index (κ2) is 5.81. The average molecular weight is 329 g/mol. The number of nitrogens with zero attached hydrogens (tertiary/aromatic N) is 5. The number of rotatable bonds is 4. The third-order valence-corrected chi connectivity index (χ3v) is 4.15. The van der Waals surface area contributed by atoms with E-state index in [2.05, 4.69) is 32.9 Å². The summed E-state index contributed by atoms with van der Waals surface area (Å²) in [6.45, 7) is 1.96. The van der Waals surface area contributed by atoms with Gasteiger partial charge in [0.1, 0.15) is 6.07 Å². The van der Waals surface area contributed by atoms with Crippen molar-refractivity contribution in [1.29, 1.82) is 10.5 Å². The molecule has 25 heavy (non-hydrogen) atoms. The zero-order chi connectivity index (χ0) is 17.4. The first-order valence-corrected chi connectivity index (χ1v) is 8.01. The van der Waals surface area contributed by atoms with Crippen molar-refractivity contribution in [2.45, 2.75) is 25.8 Å². The van der Waals surface area contributed by atoms with Gasteiger partial charge in [-0.2, -0.15) is 15.0 Å². The molecule has 4 rings (SSSR count). The number of hydrogen-bond donors (Lipinski definition) is 2. The van der Waals surface area contributed by atoms with Crippen LogP contribution < -0.4 is 10.6 Å². The summed E-state index contributed by atoms with van der Waals surface area (Å²) in [5, 5.41) is 29.5. The number of fused-ring (bicyclic) bond motifs is 1. The van der Waals surface area contributed by atoms with Crippen molar-refractivity contribution in [2.24, 2.45) is 0 Å². The van der Waals surface area contributed by atoms with Gasteiger partial charge >= 0.3 is 0 Å². The van der Waals surface area contributed by atoms with Crippen LogP contribution in [-0.4, -0.2) is 20.6 Å². The van der Waals surface area contributed by atoms with Crippen LogP contribution in [0, 0.1) is 29.6 Å². The van der Waals surface area contributed by atoms with Crippen LogP contribution in [0.1, 0.15) is 29.7 Å². The molecule has 1 aromatic carbocycles. The Morgan fingerprint density at radius 3 is 2.72 bits per heavy atom. The average Bonchev–Trinajstić information content (AvgIpc) is 3.33. The zero-order valence-electron chi connectivity index (χ0n) is 13.6. The summed E-state index contributed by atoms with van der Waals surface area (Å²) in [7, 11) is 0. The Kier molecular flexibility index (Phi) is 3.48. The van der Waals surface area contributed by atoms with Gasteiger partial charge in [-0.3, -0.25) is 0 Å². The predicted octanol–water partition coefficient (Wildman–Crippen LogP) is 3.10. The minimum Gasteiger partial charge on any atom is -0.379 e. The number of benzene rings is 1. The van der Waals surface area contributed by atoms with E-state index >= 15 is 0 Å². The third kappa shape index (κ3) is 2.84. The first kappa shape index (κ1) is 15.0. The summed E-state index contributed by atoms with van der Waals surface area (Å²) in [5.41, 5.74) is 4.24. The van der Waals surface area contributed by atoms with Crippen molar-refractivity contribution in [2.75, 3.05) is 10.6 Å². The standard InChI is InChI=1S/C18H15N7/c1-11-2-3-12(8-19)6-15(11)23-17-7-16(22-13-4-5-13)18-21-10-14(9-20)25(18)24-17/h2-3,6-7,10,13,22H,4-5H2,1H3,(H,23,24). The van der Waals surface area contributed by atoms with Crippen molar-refractivity contribution >= 4 is 22.8 Å². The van der Waals surface area contributed by atoms with Gasteiger partial charge in [0, 0.05) is 17.8 Å². The molecule has 0 aliphatic heterocycles. The van der Waals surface area contributed by atoms with E-state index in [1.54, 1.807) is 12.1 Å². The summed E-state index contributed by atoms with van der Waals surface area (Å²) in [6, 6.07) is 12.0. The Hall–Kier alpha value is -3.58. The first-order chi connectivity index (χ1) is 12.2. The molecule has 0 bridgehead atoms. The van der Waals surface area contributed by atoms with Gasteiger partial charge in [0.2, 0.25) is 0 Å². The van der Waals surface area contributed by atoms with Crippen LogP contribution in [0.5, 0.6) is 0 Å². The molecule has 1 aliphatic carbocycles. The van der Waals surface area contributed by atoms with Crippen LogP contribution in [0.2, 0.25) is 0 Å². The highest BCUT2D eigenvalue weighted by Crippen LogP contribution is 2.29. The summed E-state index contributed by atoms with van der Waals surface area (Å²) < 4.78 is 1.54. The monoisotopic (exact) mass is 329 g/mol. The molecule has 0 atom stereocenters. The van der Waals surface area contributed by atoms with Gasteiger partial charge in [0.25, 0.3) is 0 Å². The van der Waals surface area contributed by atoms with Gasteiger partial charge in [0.15, 0.2) is 17.2 Å². The number of hydrogen-bond acceptors (Lipinski definition) is 6. The lowest BCUT2D eigenvalue weighted by Crippen LogP contribution is -2.08. The van der Waals surface area contributed by atoms with Gasteiger partial charge in [-0.25, -0.2) is 4.98 Å². The molecule has 0 amide bonds. The van der Waals surface area contributed by atoms with E-state index in [0.29, 0.717) is 28.8 Å². The predicted molar refractivity (Wildman–Crippen MR) is 93.5 cm³/mol. The van der Waals surface area contributed by atoms with Crippen LogP contribution in [-0.2, 0) is 0 Å². The molecule has 0 unspecified atom stereocenters. The van der Waals surface area contributed by atoms with Gasteiger partial charge in [0.05, 0.1) is 23.5 Å². The number of anilines is 3. The number of nitriles is 2. The molecule has 1 aliphatic rings. The second-order valence-electron chi connectivity index (χ2n) is 6.12. The van der Waals surface area contributed by atoms with E-state index < -0.39 is 0 Å². The fourth-order valence-electron chi connectivity index (χ4n) is 2.62. The smallest absolute Gasteiger partial charge is 0.178 e. The number of imidazole rings is 1. The molecular weight excluding hydrogens is 314 g/mol. The highest BCUT2D eigenvalue weighted by molar-refractivity contribution is 5.74. The van der Waals surface area contributed by atoms with Crippen LogP contribution in [0.3, 0.4) is 0 Å². The summed E-state index contributed by atoms with van der Waals surface area (Å²) >= 11 is 0. The van der Waals surface area contributed by atoms with Crippen molar-refractivity contribution in [3.63, 3.8) is 0 Å². The molecule has 122 valence electrons. The molecule has 1 fully saturated rings. The van der Waals surface area contributed by atoms with Crippen LogP contribution in [0.4, 0.5) is 17.2 Å². The maximum atomic E-state index is 9.27. The second-order valence-corrected chi connectivity index (χ2v) is 6.12. The lowest BCUT2D eigenvalue weighted by Gasteiger charge is -2.12. The first-order valence-electron chi connectivity index (χ1n) is 8.01. The van der Waals surface area contributed by atoms with Crippen LogP contribution in [0.25, 0.3) is 5.65 Å². The quantitative estimate of drug-likeness (QED) is 0.762. The van der Waals surface area contributed by atoms with E-state index in [1.165, 1.54) is 10.7 Å². The topological polar surface area (TPSA) is 102 Å². The molecule has 1 saturated carbocycles.